The second-order valence-corrected chi connectivity index (χ2v) is 10.1. The lowest BCUT2D eigenvalue weighted by molar-refractivity contribution is 0.415. The van der Waals surface area contributed by atoms with E-state index in [-0.39, 0.29) is 21.7 Å². The Kier molecular flexibility index (Phi) is 5.60. The number of nitrogens with zero attached hydrogens (tertiary/aromatic N) is 2. The second-order valence-electron chi connectivity index (χ2n) is 7.76. The van der Waals surface area contributed by atoms with Crippen molar-refractivity contribution in [3.05, 3.63) is 88.9 Å². The number of methoxy groups -OCH3 is 1. The van der Waals surface area contributed by atoms with E-state index in [1.807, 2.05) is 17.0 Å². The SMILES string of the molecule is COc1ccc(-c2nc(S(=O)(=O)c3ccc(Cl)cc3)c(N3CCc4ccccc4C3)o2)cc1. The van der Waals surface area contributed by atoms with Gasteiger partial charge in [0.25, 0.3) is 0 Å². The number of aromatic nitrogens is 1. The number of ether oxygens (including phenoxy) is 1. The van der Waals surface area contributed by atoms with Crippen LogP contribution in [-0.2, 0) is 22.8 Å². The molecule has 0 amide bonds. The highest BCUT2D eigenvalue weighted by molar-refractivity contribution is 7.91. The van der Waals surface area contributed by atoms with Gasteiger partial charge in [0.2, 0.25) is 26.6 Å². The summed E-state index contributed by atoms with van der Waals surface area (Å²) in [5.74, 6) is 1.16. The van der Waals surface area contributed by atoms with E-state index in [0.717, 1.165) is 12.0 Å². The number of hydrogen-bond acceptors (Lipinski definition) is 6. The number of anilines is 1. The smallest absolute Gasteiger partial charge is 0.236 e. The van der Waals surface area contributed by atoms with Crippen molar-refractivity contribution in [2.45, 2.75) is 22.9 Å². The second kappa shape index (κ2) is 8.57. The normalized spacial score (nSPS) is 13.6. The maximum absolute atomic E-state index is 13.6. The summed E-state index contributed by atoms with van der Waals surface area (Å²) in [6, 6.07) is 21.4. The number of sulfone groups is 1. The van der Waals surface area contributed by atoms with Gasteiger partial charge in [-0.1, -0.05) is 35.9 Å². The fraction of sp³-hybridized carbons (Fsp3) is 0.160. The molecule has 5 rings (SSSR count). The lowest BCUT2D eigenvalue weighted by atomic mass is 10.0. The molecule has 8 heteroatoms. The van der Waals surface area contributed by atoms with Crippen molar-refractivity contribution >= 4 is 27.3 Å². The molecule has 1 aliphatic heterocycles. The van der Waals surface area contributed by atoms with Crippen LogP contribution in [0.15, 0.2) is 87.1 Å². The van der Waals surface area contributed by atoms with Crippen LogP contribution < -0.4 is 9.64 Å². The Bertz CT molecular complexity index is 1400. The molecule has 4 aromatic rings. The Hall–Kier alpha value is -3.29. The van der Waals surface area contributed by atoms with E-state index in [2.05, 4.69) is 17.1 Å². The van der Waals surface area contributed by atoms with E-state index in [4.69, 9.17) is 20.8 Å². The Morgan fingerprint density at radius 1 is 0.970 bits per heavy atom. The molecule has 0 radical (unpaired) electrons. The topological polar surface area (TPSA) is 72.6 Å². The predicted octanol–water partition coefficient (Wildman–Crippen LogP) is 5.40. The van der Waals surface area contributed by atoms with Crippen LogP contribution in [0.1, 0.15) is 11.1 Å². The van der Waals surface area contributed by atoms with E-state index in [1.165, 1.54) is 17.7 Å². The number of oxazole rings is 1. The summed E-state index contributed by atoms with van der Waals surface area (Å²) in [5.41, 5.74) is 3.05. The highest BCUT2D eigenvalue weighted by Crippen LogP contribution is 2.37. The van der Waals surface area contributed by atoms with Crippen molar-refractivity contribution in [3.8, 4) is 17.2 Å². The fourth-order valence-electron chi connectivity index (χ4n) is 3.92. The summed E-state index contributed by atoms with van der Waals surface area (Å²) in [4.78, 5) is 6.51. The first-order valence-electron chi connectivity index (χ1n) is 10.4. The van der Waals surface area contributed by atoms with Crippen LogP contribution in [0.5, 0.6) is 5.75 Å². The van der Waals surface area contributed by atoms with Crippen LogP contribution in [0.4, 0.5) is 5.88 Å². The number of rotatable bonds is 5. The highest BCUT2D eigenvalue weighted by Gasteiger charge is 2.32. The average molecular weight is 481 g/mol. The summed E-state index contributed by atoms with van der Waals surface area (Å²) >= 11 is 5.97. The number of hydrogen-bond donors (Lipinski definition) is 0. The van der Waals surface area contributed by atoms with Crippen LogP contribution in [0.25, 0.3) is 11.5 Å². The Morgan fingerprint density at radius 2 is 1.67 bits per heavy atom. The molecule has 0 N–H and O–H groups in total. The van der Waals surface area contributed by atoms with Crippen molar-refractivity contribution in [2.75, 3.05) is 18.6 Å². The molecule has 1 aliphatic rings. The number of halogens is 1. The van der Waals surface area contributed by atoms with E-state index >= 15 is 0 Å². The van der Waals surface area contributed by atoms with Crippen LogP contribution in [0.2, 0.25) is 5.02 Å². The fourth-order valence-corrected chi connectivity index (χ4v) is 5.37. The third-order valence-corrected chi connectivity index (χ3v) is 7.63. The minimum Gasteiger partial charge on any atom is -0.497 e. The lowest BCUT2D eigenvalue weighted by Crippen LogP contribution is -2.31. The molecule has 0 saturated carbocycles. The summed E-state index contributed by atoms with van der Waals surface area (Å²) < 4.78 is 38.5. The summed E-state index contributed by atoms with van der Waals surface area (Å²) in [5, 5.41) is 0.357. The molecule has 0 spiro atoms. The summed E-state index contributed by atoms with van der Waals surface area (Å²) in [6.45, 7) is 1.16. The molecule has 2 heterocycles. The van der Waals surface area contributed by atoms with Gasteiger partial charge < -0.3 is 14.1 Å². The minimum absolute atomic E-state index is 0.102. The molecule has 0 atom stereocenters. The van der Waals surface area contributed by atoms with Gasteiger partial charge >= 0.3 is 0 Å². The van der Waals surface area contributed by atoms with Crippen molar-refractivity contribution in [3.63, 3.8) is 0 Å². The molecular formula is C25H21ClN2O4S. The zero-order chi connectivity index (χ0) is 23.0. The number of fused-ring (bicyclic) bond motifs is 1. The van der Waals surface area contributed by atoms with E-state index in [0.29, 0.717) is 29.4 Å². The van der Waals surface area contributed by atoms with Crippen molar-refractivity contribution in [1.29, 1.82) is 0 Å². The van der Waals surface area contributed by atoms with Gasteiger partial charge in [0.15, 0.2) is 0 Å². The third-order valence-electron chi connectivity index (χ3n) is 5.71. The monoisotopic (exact) mass is 480 g/mol. The molecule has 3 aromatic carbocycles. The Labute approximate surface area is 197 Å². The van der Waals surface area contributed by atoms with Gasteiger partial charge in [-0.15, -0.1) is 0 Å². The van der Waals surface area contributed by atoms with Crippen molar-refractivity contribution in [1.82, 2.24) is 4.98 Å². The minimum atomic E-state index is -3.94. The molecule has 0 bridgehead atoms. The average Bonchev–Trinajstić information content (AvgIpc) is 3.31. The first-order valence-corrected chi connectivity index (χ1v) is 12.3. The van der Waals surface area contributed by atoms with Crippen LogP contribution >= 0.6 is 11.6 Å². The molecule has 0 aliphatic carbocycles. The van der Waals surface area contributed by atoms with Gasteiger partial charge in [0.05, 0.1) is 12.0 Å². The van der Waals surface area contributed by atoms with Crippen molar-refractivity contribution in [2.24, 2.45) is 0 Å². The van der Waals surface area contributed by atoms with Gasteiger partial charge in [-0.3, -0.25) is 0 Å². The largest absolute Gasteiger partial charge is 0.497 e. The molecule has 0 unspecified atom stereocenters. The maximum Gasteiger partial charge on any atom is 0.236 e. The van der Waals surface area contributed by atoms with E-state index in [9.17, 15) is 8.42 Å². The van der Waals surface area contributed by atoms with Gasteiger partial charge in [-0.2, -0.15) is 4.98 Å². The zero-order valence-electron chi connectivity index (χ0n) is 17.9. The van der Waals surface area contributed by atoms with Gasteiger partial charge in [0.1, 0.15) is 5.75 Å². The van der Waals surface area contributed by atoms with Crippen LogP contribution in [0.3, 0.4) is 0 Å². The first-order chi connectivity index (χ1) is 16.0. The quantitative estimate of drug-likeness (QED) is 0.381. The molecule has 0 fully saturated rings. The van der Waals surface area contributed by atoms with Crippen LogP contribution in [0, 0.1) is 0 Å². The van der Waals surface area contributed by atoms with Crippen molar-refractivity contribution < 1.29 is 17.6 Å². The molecule has 0 saturated heterocycles. The molecule has 1 aromatic heterocycles. The highest BCUT2D eigenvalue weighted by atomic mass is 35.5. The Balaban J connectivity index is 1.62. The van der Waals surface area contributed by atoms with E-state index in [1.54, 1.807) is 43.5 Å². The maximum atomic E-state index is 13.6. The molecule has 6 nitrogen and oxygen atoms in total. The number of benzene rings is 3. The predicted molar refractivity (Wildman–Crippen MR) is 127 cm³/mol. The lowest BCUT2D eigenvalue weighted by Gasteiger charge is -2.28. The molecule has 168 valence electrons. The summed E-state index contributed by atoms with van der Waals surface area (Å²) in [6.07, 6.45) is 0.787. The van der Waals surface area contributed by atoms with Gasteiger partial charge in [-0.05, 0) is 66.1 Å². The zero-order valence-corrected chi connectivity index (χ0v) is 19.4. The third kappa shape index (κ3) is 4.10. The van der Waals surface area contributed by atoms with E-state index < -0.39 is 9.84 Å². The van der Waals surface area contributed by atoms with Gasteiger partial charge in [0, 0.05) is 23.7 Å². The van der Waals surface area contributed by atoms with Gasteiger partial charge in [-0.25, -0.2) is 8.42 Å². The Morgan fingerprint density at radius 3 is 2.36 bits per heavy atom. The standard InChI is InChI=1S/C25H21ClN2O4S/c1-31-21-10-6-18(7-11-21)23-27-24(33(29,30)22-12-8-20(26)9-13-22)25(32-23)28-15-14-17-4-2-3-5-19(17)16-28/h2-13H,14-16H2,1H3. The molecule has 33 heavy (non-hydrogen) atoms. The summed E-state index contributed by atoms with van der Waals surface area (Å²) in [7, 11) is -2.36. The van der Waals surface area contributed by atoms with Crippen LogP contribution in [-0.4, -0.2) is 27.1 Å². The first kappa shape index (κ1) is 21.6. The molecular weight excluding hydrogens is 460 g/mol.